The largest absolute Gasteiger partial charge is 0.478 e. The highest BCUT2D eigenvalue weighted by atomic mass is 32.2. The molecular formula is C12H17N3O2S. The van der Waals surface area contributed by atoms with Gasteiger partial charge in [0.15, 0.2) is 0 Å². The smallest absolute Gasteiger partial charge is 0.339 e. The lowest BCUT2D eigenvalue weighted by molar-refractivity contribution is 0.0694. The summed E-state index contributed by atoms with van der Waals surface area (Å²) in [6.07, 6.45) is 2.05. The predicted octanol–water partition coefficient (Wildman–Crippen LogP) is 1.46. The van der Waals surface area contributed by atoms with E-state index in [9.17, 15) is 4.79 Å². The number of nitrogens with zero attached hydrogens (tertiary/aromatic N) is 3. The number of carbonyl (C=O) groups is 1. The highest BCUT2D eigenvalue weighted by Gasteiger charge is 2.24. The lowest BCUT2D eigenvalue weighted by atomic mass is 10.1. The average molecular weight is 267 g/mol. The molecule has 0 aromatic carbocycles. The van der Waals surface area contributed by atoms with Crippen molar-refractivity contribution >= 4 is 17.7 Å². The molecule has 0 aliphatic carbocycles. The number of hydrogen-bond donors (Lipinski definition) is 1. The summed E-state index contributed by atoms with van der Waals surface area (Å²) in [4.78, 5) is 21.9. The molecule has 0 spiro atoms. The average Bonchev–Trinajstić information content (AvgIpc) is 2.38. The van der Waals surface area contributed by atoms with Gasteiger partial charge in [-0.15, -0.1) is 0 Å². The molecular weight excluding hydrogens is 250 g/mol. The van der Waals surface area contributed by atoms with Crippen molar-refractivity contribution in [2.24, 2.45) is 0 Å². The first-order valence-electron chi connectivity index (χ1n) is 6.00. The maximum atomic E-state index is 11.0. The van der Waals surface area contributed by atoms with Crippen LogP contribution in [0.5, 0.6) is 0 Å². The molecule has 2 rings (SSSR count). The predicted molar refractivity (Wildman–Crippen MR) is 71.1 cm³/mol. The Morgan fingerprint density at radius 1 is 1.67 bits per heavy atom. The molecule has 0 amide bonds. The van der Waals surface area contributed by atoms with Crippen molar-refractivity contribution in [3.8, 4) is 0 Å². The molecule has 1 aliphatic rings. The second-order valence-electron chi connectivity index (χ2n) is 4.32. The maximum absolute atomic E-state index is 11.0. The zero-order valence-corrected chi connectivity index (χ0v) is 11.4. The molecule has 5 nitrogen and oxygen atoms in total. The Kier molecular flexibility index (Phi) is 4.19. The summed E-state index contributed by atoms with van der Waals surface area (Å²) in [7, 11) is 2.06. The summed E-state index contributed by atoms with van der Waals surface area (Å²) in [6, 6.07) is 0.192. The molecule has 2 heterocycles. The van der Waals surface area contributed by atoms with E-state index in [-0.39, 0.29) is 11.6 Å². The van der Waals surface area contributed by atoms with Crippen LogP contribution in [0.3, 0.4) is 0 Å². The normalized spacial score (nSPS) is 20.9. The van der Waals surface area contributed by atoms with E-state index in [4.69, 9.17) is 5.11 Å². The molecule has 1 fully saturated rings. The fourth-order valence-electron chi connectivity index (χ4n) is 2.00. The number of aromatic nitrogens is 2. The molecule has 0 radical (unpaired) electrons. The summed E-state index contributed by atoms with van der Waals surface area (Å²) in [5, 5.41) is 9.06. The van der Waals surface area contributed by atoms with Crippen LogP contribution in [0.25, 0.3) is 0 Å². The van der Waals surface area contributed by atoms with Crippen LogP contribution in [0.4, 0.5) is 0 Å². The van der Waals surface area contributed by atoms with Crippen molar-refractivity contribution in [3.63, 3.8) is 0 Å². The summed E-state index contributed by atoms with van der Waals surface area (Å²) >= 11 is 1.89. The van der Waals surface area contributed by atoms with Gasteiger partial charge in [0.1, 0.15) is 5.82 Å². The fourth-order valence-corrected chi connectivity index (χ4v) is 3.21. The number of aromatic carboxylic acids is 1. The maximum Gasteiger partial charge on any atom is 0.339 e. The van der Waals surface area contributed by atoms with Gasteiger partial charge in [0, 0.05) is 24.2 Å². The van der Waals surface area contributed by atoms with Gasteiger partial charge < -0.3 is 5.11 Å². The lowest BCUT2D eigenvalue weighted by Gasteiger charge is -2.31. The monoisotopic (exact) mass is 267 g/mol. The van der Waals surface area contributed by atoms with Gasteiger partial charge >= 0.3 is 5.97 Å². The Bertz CT molecular complexity index is 453. The summed E-state index contributed by atoms with van der Waals surface area (Å²) in [5.74, 6) is 1.88. The first-order valence-corrected chi connectivity index (χ1v) is 7.16. The van der Waals surface area contributed by atoms with Crippen LogP contribution in [-0.4, -0.2) is 51.0 Å². The molecule has 1 aromatic heterocycles. The molecule has 0 bridgehead atoms. The van der Waals surface area contributed by atoms with Crippen molar-refractivity contribution < 1.29 is 9.90 Å². The van der Waals surface area contributed by atoms with Gasteiger partial charge in [0.25, 0.3) is 0 Å². The first kappa shape index (κ1) is 13.3. The van der Waals surface area contributed by atoms with Gasteiger partial charge in [-0.25, -0.2) is 14.8 Å². The van der Waals surface area contributed by atoms with Gasteiger partial charge in [-0.2, -0.15) is 11.8 Å². The molecule has 1 aliphatic heterocycles. The molecule has 1 unspecified atom stereocenters. The van der Waals surface area contributed by atoms with Crippen LogP contribution < -0.4 is 0 Å². The topological polar surface area (TPSA) is 66.3 Å². The van der Waals surface area contributed by atoms with Crippen LogP contribution in [0.15, 0.2) is 6.20 Å². The Hall–Kier alpha value is -1.14. The Morgan fingerprint density at radius 3 is 3.06 bits per heavy atom. The van der Waals surface area contributed by atoms with E-state index in [0.717, 1.165) is 23.9 Å². The SMILES string of the molecule is CCc1nc(C2CSCCN2C)ncc1C(=O)O. The molecule has 6 heteroatoms. The molecule has 1 aromatic rings. The van der Waals surface area contributed by atoms with Crippen molar-refractivity contribution in [2.45, 2.75) is 19.4 Å². The highest BCUT2D eigenvalue weighted by molar-refractivity contribution is 7.99. The second kappa shape index (κ2) is 5.67. The third-order valence-electron chi connectivity index (χ3n) is 3.15. The molecule has 98 valence electrons. The minimum Gasteiger partial charge on any atom is -0.478 e. The number of carboxylic acid groups (broad SMARTS) is 1. The minimum atomic E-state index is -0.954. The third kappa shape index (κ3) is 2.64. The quantitative estimate of drug-likeness (QED) is 0.894. The highest BCUT2D eigenvalue weighted by Crippen LogP contribution is 2.26. The second-order valence-corrected chi connectivity index (χ2v) is 5.47. The van der Waals surface area contributed by atoms with E-state index in [2.05, 4.69) is 21.9 Å². The van der Waals surface area contributed by atoms with Gasteiger partial charge in [0.05, 0.1) is 17.3 Å². The van der Waals surface area contributed by atoms with Crippen molar-refractivity contribution in [2.75, 3.05) is 25.1 Å². The van der Waals surface area contributed by atoms with Crippen molar-refractivity contribution in [1.29, 1.82) is 0 Å². The van der Waals surface area contributed by atoms with E-state index in [1.165, 1.54) is 6.20 Å². The van der Waals surface area contributed by atoms with Gasteiger partial charge in [0.2, 0.25) is 0 Å². The zero-order valence-electron chi connectivity index (χ0n) is 10.6. The fraction of sp³-hybridized carbons (Fsp3) is 0.583. The summed E-state index contributed by atoms with van der Waals surface area (Å²) in [6.45, 7) is 2.93. The minimum absolute atomic E-state index is 0.192. The van der Waals surface area contributed by atoms with Crippen LogP contribution in [-0.2, 0) is 6.42 Å². The van der Waals surface area contributed by atoms with Gasteiger partial charge in [-0.1, -0.05) is 6.92 Å². The molecule has 18 heavy (non-hydrogen) atoms. The Labute approximate surface area is 111 Å². The number of carboxylic acids is 1. The van der Waals surface area contributed by atoms with Crippen molar-refractivity contribution in [1.82, 2.24) is 14.9 Å². The molecule has 1 saturated heterocycles. The lowest BCUT2D eigenvalue weighted by Crippen LogP contribution is -2.34. The van der Waals surface area contributed by atoms with Gasteiger partial charge in [-0.3, -0.25) is 4.90 Å². The molecule has 1 atom stereocenters. The van der Waals surface area contributed by atoms with Crippen LogP contribution in [0, 0.1) is 0 Å². The number of thioether (sulfide) groups is 1. The van der Waals surface area contributed by atoms with E-state index in [0.29, 0.717) is 12.1 Å². The molecule has 0 saturated carbocycles. The number of hydrogen-bond acceptors (Lipinski definition) is 5. The summed E-state index contributed by atoms with van der Waals surface area (Å²) in [5.41, 5.74) is 0.837. The number of rotatable bonds is 3. The zero-order chi connectivity index (χ0) is 13.1. The van der Waals surface area contributed by atoms with E-state index < -0.39 is 5.97 Å². The number of aryl methyl sites for hydroxylation is 1. The van der Waals surface area contributed by atoms with Crippen LogP contribution >= 0.6 is 11.8 Å². The Balaban J connectivity index is 2.31. The van der Waals surface area contributed by atoms with Crippen molar-refractivity contribution in [3.05, 3.63) is 23.3 Å². The molecule has 1 N–H and O–H groups in total. The van der Waals surface area contributed by atoms with E-state index in [1.54, 1.807) is 0 Å². The van der Waals surface area contributed by atoms with E-state index in [1.807, 2.05) is 18.7 Å². The van der Waals surface area contributed by atoms with E-state index >= 15 is 0 Å². The van der Waals surface area contributed by atoms with Crippen LogP contribution in [0.1, 0.15) is 34.8 Å². The first-order chi connectivity index (χ1) is 8.63. The Morgan fingerprint density at radius 2 is 2.44 bits per heavy atom. The standard InChI is InChI=1S/C12H17N3O2S/c1-3-9-8(12(16)17)6-13-11(14-9)10-7-18-5-4-15(10)2/h6,10H,3-5,7H2,1-2H3,(H,16,17). The summed E-state index contributed by atoms with van der Waals surface area (Å²) < 4.78 is 0. The van der Waals surface area contributed by atoms with Gasteiger partial charge in [-0.05, 0) is 13.5 Å². The third-order valence-corrected chi connectivity index (χ3v) is 4.17. The van der Waals surface area contributed by atoms with Crippen LogP contribution in [0.2, 0.25) is 0 Å².